The molecule has 0 N–H and O–H groups in total. The summed E-state index contributed by atoms with van der Waals surface area (Å²) in [5, 5.41) is 0. The number of rotatable bonds is 2. The van der Waals surface area contributed by atoms with Crippen molar-refractivity contribution in [2.75, 3.05) is 11.7 Å². The minimum absolute atomic E-state index is 0.0257. The number of anilines is 1. The number of benzene rings is 2. The molecule has 5 rings (SSSR count). The molecule has 2 aromatic carbocycles. The molecule has 0 bridgehead atoms. The van der Waals surface area contributed by atoms with Gasteiger partial charge in [0, 0.05) is 30.0 Å². The summed E-state index contributed by atoms with van der Waals surface area (Å²) in [4.78, 5) is 27.4. The van der Waals surface area contributed by atoms with Gasteiger partial charge in [-0.05, 0) is 42.7 Å². The molecular formula is C22H18FNO4. The van der Waals surface area contributed by atoms with Crippen LogP contribution in [0.25, 0.3) is 0 Å². The minimum Gasteiger partial charge on any atom is -0.454 e. The molecule has 5 nitrogen and oxygen atoms in total. The Morgan fingerprint density at radius 1 is 1.00 bits per heavy atom. The Morgan fingerprint density at radius 2 is 1.82 bits per heavy atom. The van der Waals surface area contributed by atoms with Gasteiger partial charge in [0.2, 0.25) is 12.7 Å². The maximum absolute atomic E-state index is 14.4. The Labute approximate surface area is 161 Å². The van der Waals surface area contributed by atoms with E-state index in [-0.39, 0.29) is 36.5 Å². The first-order chi connectivity index (χ1) is 13.6. The fraction of sp³-hybridized carbons (Fsp3) is 0.273. The number of ketones is 1. The van der Waals surface area contributed by atoms with E-state index in [4.69, 9.17) is 9.47 Å². The molecular weight excluding hydrogens is 361 g/mol. The lowest BCUT2D eigenvalue weighted by atomic mass is 9.77. The lowest BCUT2D eigenvalue weighted by Crippen LogP contribution is -2.41. The maximum Gasteiger partial charge on any atom is 0.232 e. The molecule has 3 aliphatic rings. The zero-order valence-corrected chi connectivity index (χ0v) is 15.1. The van der Waals surface area contributed by atoms with Gasteiger partial charge < -0.3 is 9.47 Å². The monoisotopic (exact) mass is 379 g/mol. The van der Waals surface area contributed by atoms with Crippen LogP contribution in [-0.4, -0.2) is 18.5 Å². The highest BCUT2D eigenvalue weighted by Gasteiger charge is 2.40. The van der Waals surface area contributed by atoms with Gasteiger partial charge in [0.25, 0.3) is 0 Å². The quantitative estimate of drug-likeness (QED) is 0.789. The summed E-state index contributed by atoms with van der Waals surface area (Å²) in [6.45, 7) is 0.163. The van der Waals surface area contributed by atoms with E-state index in [1.165, 1.54) is 11.0 Å². The predicted octanol–water partition coefficient (Wildman–Crippen LogP) is 4.08. The first-order valence-corrected chi connectivity index (χ1v) is 9.37. The van der Waals surface area contributed by atoms with Crippen molar-refractivity contribution in [2.24, 2.45) is 0 Å². The zero-order valence-electron chi connectivity index (χ0n) is 15.1. The van der Waals surface area contributed by atoms with Crippen LogP contribution in [0.3, 0.4) is 0 Å². The predicted molar refractivity (Wildman–Crippen MR) is 99.7 cm³/mol. The molecule has 2 heterocycles. The molecule has 0 spiro atoms. The van der Waals surface area contributed by atoms with E-state index in [9.17, 15) is 14.0 Å². The fourth-order valence-corrected chi connectivity index (χ4v) is 4.32. The molecule has 2 aromatic rings. The third kappa shape index (κ3) is 2.59. The first kappa shape index (κ1) is 17.0. The summed E-state index contributed by atoms with van der Waals surface area (Å²) in [6, 6.07) is 11.7. The number of carbonyl (C=O) groups is 2. The van der Waals surface area contributed by atoms with Crippen molar-refractivity contribution >= 4 is 17.4 Å². The van der Waals surface area contributed by atoms with E-state index < -0.39 is 5.82 Å². The van der Waals surface area contributed by atoms with Gasteiger partial charge in [-0.1, -0.05) is 18.2 Å². The van der Waals surface area contributed by atoms with Crippen LogP contribution in [0, 0.1) is 5.82 Å². The third-order valence-corrected chi connectivity index (χ3v) is 5.57. The van der Waals surface area contributed by atoms with Gasteiger partial charge in [0.15, 0.2) is 17.3 Å². The van der Waals surface area contributed by atoms with Crippen LogP contribution in [0.4, 0.5) is 10.1 Å². The first-order valence-electron chi connectivity index (χ1n) is 9.37. The highest BCUT2D eigenvalue weighted by Crippen LogP contribution is 2.45. The van der Waals surface area contributed by atoms with E-state index in [0.717, 1.165) is 5.56 Å². The number of hydrogen-bond acceptors (Lipinski definition) is 4. The van der Waals surface area contributed by atoms with Crippen LogP contribution in [-0.2, 0) is 9.59 Å². The molecule has 142 valence electrons. The van der Waals surface area contributed by atoms with E-state index >= 15 is 0 Å². The van der Waals surface area contributed by atoms with Gasteiger partial charge in [-0.15, -0.1) is 0 Å². The van der Waals surface area contributed by atoms with Crippen molar-refractivity contribution < 1.29 is 23.5 Å². The molecule has 0 saturated carbocycles. The normalized spacial score (nSPS) is 21.2. The summed E-state index contributed by atoms with van der Waals surface area (Å²) >= 11 is 0. The Balaban J connectivity index is 1.65. The number of carbonyl (C=O) groups excluding carboxylic acids is 2. The lowest BCUT2D eigenvalue weighted by molar-refractivity contribution is -0.120. The summed E-state index contributed by atoms with van der Waals surface area (Å²) in [7, 11) is 0. The summed E-state index contributed by atoms with van der Waals surface area (Å²) in [6.07, 6.45) is 1.78. The summed E-state index contributed by atoms with van der Waals surface area (Å²) < 4.78 is 25.3. The van der Waals surface area contributed by atoms with Crippen LogP contribution in [0.15, 0.2) is 53.7 Å². The number of ether oxygens (including phenoxy) is 2. The zero-order chi connectivity index (χ0) is 19.3. The summed E-state index contributed by atoms with van der Waals surface area (Å²) in [5.74, 6) is 0.268. The number of allylic oxidation sites excluding steroid dienone is 2. The van der Waals surface area contributed by atoms with E-state index in [0.29, 0.717) is 42.0 Å². The average Bonchev–Trinajstić information content (AvgIpc) is 3.16. The molecule has 1 unspecified atom stereocenters. The standard InChI is InChI=1S/C22H18FNO4/c23-15-4-1-2-5-16(15)24-17-6-3-7-18(25)22(17)14(11-21(24)26)13-8-9-19-20(10-13)28-12-27-19/h1-2,4-5,8-10,14H,3,6-7,11-12H2. The van der Waals surface area contributed by atoms with Gasteiger partial charge in [-0.3, -0.25) is 14.5 Å². The SMILES string of the molecule is O=C1CCCC2=C1C(c1ccc3c(c1)OCO3)CC(=O)N2c1ccccc1F. The van der Waals surface area contributed by atoms with Crippen LogP contribution < -0.4 is 14.4 Å². The summed E-state index contributed by atoms with van der Waals surface area (Å²) in [5.41, 5.74) is 2.29. The van der Waals surface area contributed by atoms with Crippen LogP contribution in [0.1, 0.15) is 37.2 Å². The van der Waals surface area contributed by atoms with Crippen molar-refractivity contribution in [3.63, 3.8) is 0 Å². The van der Waals surface area contributed by atoms with Crippen LogP contribution in [0.5, 0.6) is 11.5 Å². The number of para-hydroxylation sites is 1. The highest BCUT2D eigenvalue weighted by molar-refractivity contribution is 6.07. The molecule has 0 fully saturated rings. The van der Waals surface area contributed by atoms with Crippen LogP contribution >= 0.6 is 0 Å². The smallest absolute Gasteiger partial charge is 0.232 e. The highest BCUT2D eigenvalue weighted by atomic mass is 19.1. The number of hydrogen-bond donors (Lipinski definition) is 0. The number of amides is 1. The van der Waals surface area contributed by atoms with E-state index in [2.05, 4.69) is 0 Å². The fourth-order valence-electron chi connectivity index (χ4n) is 4.32. The number of fused-ring (bicyclic) bond motifs is 1. The van der Waals surface area contributed by atoms with Crippen LogP contribution in [0.2, 0.25) is 0 Å². The second-order valence-corrected chi connectivity index (χ2v) is 7.19. The Hall–Kier alpha value is -3.15. The van der Waals surface area contributed by atoms with Crippen molar-refractivity contribution in [3.05, 3.63) is 65.1 Å². The van der Waals surface area contributed by atoms with Crippen molar-refractivity contribution in [3.8, 4) is 11.5 Å². The number of Topliss-reactive ketones (excluding diaryl/α,β-unsaturated/α-hetero) is 1. The second-order valence-electron chi connectivity index (χ2n) is 7.19. The van der Waals surface area contributed by atoms with Gasteiger partial charge in [-0.2, -0.15) is 0 Å². The van der Waals surface area contributed by atoms with Crippen molar-refractivity contribution in [2.45, 2.75) is 31.6 Å². The molecule has 0 saturated heterocycles. The van der Waals surface area contributed by atoms with Gasteiger partial charge in [0.1, 0.15) is 5.82 Å². The molecule has 2 aliphatic heterocycles. The molecule has 28 heavy (non-hydrogen) atoms. The third-order valence-electron chi connectivity index (χ3n) is 5.57. The van der Waals surface area contributed by atoms with Crippen molar-refractivity contribution in [1.29, 1.82) is 0 Å². The molecule has 1 aliphatic carbocycles. The van der Waals surface area contributed by atoms with Gasteiger partial charge in [-0.25, -0.2) is 4.39 Å². The number of nitrogens with zero attached hydrogens (tertiary/aromatic N) is 1. The Kier molecular flexibility index (Phi) is 3.93. The Morgan fingerprint density at radius 3 is 2.68 bits per heavy atom. The lowest BCUT2D eigenvalue weighted by Gasteiger charge is -2.38. The molecule has 0 radical (unpaired) electrons. The van der Waals surface area contributed by atoms with E-state index in [1.54, 1.807) is 24.3 Å². The van der Waals surface area contributed by atoms with Gasteiger partial charge >= 0.3 is 0 Å². The molecule has 0 aromatic heterocycles. The topological polar surface area (TPSA) is 55.8 Å². The second kappa shape index (κ2) is 6.48. The largest absolute Gasteiger partial charge is 0.454 e. The van der Waals surface area contributed by atoms with E-state index in [1.807, 2.05) is 12.1 Å². The minimum atomic E-state index is -0.470. The Bertz CT molecular complexity index is 1030. The maximum atomic E-state index is 14.4. The van der Waals surface area contributed by atoms with Crippen molar-refractivity contribution in [1.82, 2.24) is 0 Å². The van der Waals surface area contributed by atoms with Gasteiger partial charge in [0.05, 0.1) is 5.69 Å². The molecule has 1 amide bonds. The molecule has 6 heteroatoms. The average molecular weight is 379 g/mol. The number of halogens is 1. The molecule has 1 atom stereocenters.